The minimum atomic E-state index is -0.387. The van der Waals surface area contributed by atoms with Crippen LogP contribution in [0.1, 0.15) is 4.88 Å². The largest absolute Gasteiger partial charge is 0.354 e. The van der Waals surface area contributed by atoms with E-state index in [9.17, 15) is 4.39 Å². The fraction of sp³-hybridized carbons (Fsp3) is 0. The molecule has 4 aromatic rings. The zero-order chi connectivity index (χ0) is 18.1. The van der Waals surface area contributed by atoms with Crippen LogP contribution in [0.15, 0.2) is 58.4 Å². The van der Waals surface area contributed by atoms with E-state index in [2.05, 4.69) is 15.8 Å². The zero-order valence-electron chi connectivity index (χ0n) is 13.2. The second-order valence-corrected chi connectivity index (χ2v) is 6.89. The Balaban J connectivity index is 1.60. The van der Waals surface area contributed by atoms with E-state index in [1.807, 2.05) is 17.5 Å². The maximum atomic E-state index is 13.3. The van der Waals surface area contributed by atoms with Crippen LogP contribution in [0.3, 0.4) is 0 Å². The van der Waals surface area contributed by atoms with Crippen molar-refractivity contribution in [3.8, 4) is 0 Å². The number of benzene rings is 2. The van der Waals surface area contributed by atoms with Crippen molar-refractivity contribution in [2.75, 3.05) is 10.6 Å². The number of rotatable bonds is 4. The number of halogens is 2. The second-order valence-electron chi connectivity index (χ2n) is 5.50. The van der Waals surface area contributed by atoms with E-state index in [-0.39, 0.29) is 11.7 Å². The molecule has 130 valence electrons. The first-order valence-electron chi connectivity index (χ1n) is 7.60. The predicted octanol–water partition coefficient (Wildman–Crippen LogP) is 5.86. The Kier molecular flexibility index (Phi) is 4.32. The topological polar surface area (TPSA) is 73.9 Å². The number of hydrogen-bond donors (Lipinski definition) is 3. The molecule has 0 fully saturated rings. The van der Waals surface area contributed by atoms with Crippen LogP contribution < -0.4 is 10.6 Å². The van der Waals surface area contributed by atoms with Crippen LogP contribution in [0.2, 0.25) is 5.02 Å². The summed E-state index contributed by atoms with van der Waals surface area (Å²) in [7, 11) is 0. The van der Waals surface area contributed by atoms with Gasteiger partial charge in [-0.1, -0.05) is 22.8 Å². The van der Waals surface area contributed by atoms with Gasteiger partial charge in [0.15, 0.2) is 11.4 Å². The number of nitrogens with zero attached hydrogens (tertiary/aromatic N) is 1. The van der Waals surface area contributed by atoms with Crippen molar-refractivity contribution in [2.24, 2.45) is 0 Å². The van der Waals surface area contributed by atoms with Gasteiger partial charge in [-0.15, -0.1) is 11.3 Å². The summed E-state index contributed by atoms with van der Waals surface area (Å²) in [5, 5.41) is 21.3. The van der Waals surface area contributed by atoms with Crippen LogP contribution in [-0.4, -0.2) is 11.0 Å². The summed E-state index contributed by atoms with van der Waals surface area (Å²) in [6.45, 7) is 0. The monoisotopic (exact) mass is 386 g/mol. The molecule has 0 bridgehead atoms. The standard InChI is InChI=1S/C18H12ClFN4OS/c19-10-6-12(22-17(21)16-2-1-5-26-16)9-13(7-10)23-18-14-4-3-11(20)8-15(14)25-24-18/h1-9H,(H2,21,22)(H,23,24). The third-order valence-electron chi connectivity index (χ3n) is 3.63. The van der Waals surface area contributed by atoms with Gasteiger partial charge in [-0.3, -0.25) is 5.41 Å². The van der Waals surface area contributed by atoms with Crippen molar-refractivity contribution in [1.82, 2.24) is 5.16 Å². The van der Waals surface area contributed by atoms with Gasteiger partial charge in [0.2, 0.25) is 0 Å². The Morgan fingerprint density at radius 3 is 2.81 bits per heavy atom. The van der Waals surface area contributed by atoms with Crippen LogP contribution in [0.5, 0.6) is 0 Å². The van der Waals surface area contributed by atoms with Crippen LogP contribution in [0.25, 0.3) is 11.0 Å². The number of nitrogens with one attached hydrogen (secondary N) is 3. The van der Waals surface area contributed by atoms with Crippen molar-refractivity contribution >= 4 is 56.9 Å². The van der Waals surface area contributed by atoms with Crippen LogP contribution in [0.4, 0.5) is 21.6 Å². The first kappa shape index (κ1) is 16.6. The molecule has 0 unspecified atom stereocenters. The SMILES string of the molecule is N=C(Nc1cc(Cl)cc(Nc2noc3cc(F)ccc23)c1)c1cccs1. The number of amidine groups is 1. The highest BCUT2D eigenvalue weighted by atomic mass is 35.5. The van der Waals surface area contributed by atoms with E-state index in [1.165, 1.54) is 23.5 Å². The molecule has 0 saturated carbocycles. The Morgan fingerprint density at radius 2 is 2.00 bits per heavy atom. The smallest absolute Gasteiger partial charge is 0.181 e. The fourth-order valence-electron chi connectivity index (χ4n) is 2.50. The molecule has 8 heteroatoms. The zero-order valence-corrected chi connectivity index (χ0v) is 14.8. The average molecular weight is 387 g/mol. The lowest BCUT2D eigenvalue weighted by atomic mass is 10.2. The molecule has 26 heavy (non-hydrogen) atoms. The Bertz CT molecular complexity index is 1090. The number of hydrogen-bond acceptors (Lipinski definition) is 5. The van der Waals surface area contributed by atoms with Gasteiger partial charge in [0, 0.05) is 22.5 Å². The van der Waals surface area contributed by atoms with Crippen LogP contribution in [0, 0.1) is 11.2 Å². The van der Waals surface area contributed by atoms with Gasteiger partial charge in [0.1, 0.15) is 11.7 Å². The van der Waals surface area contributed by atoms with Crippen molar-refractivity contribution in [3.05, 3.63) is 69.6 Å². The average Bonchev–Trinajstić information content (AvgIpc) is 3.24. The van der Waals surface area contributed by atoms with Crippen molar-refractivity contribution in [3.63, 3.8) is 0 Å². The van der Waals surface area contributed by atoms with Gasteiger partial charge < -0.3 is 15.2 Å². The predicted molar refractivity (Wildman–Crippen MR) is 103 cm³/mol. The maximum Gasteiger partial charge on any atom is 0.181 e. The second kappa shape index (κ2) is 6.78. The molecule has 0 aliphatic carbocycles. The summed E-state index contributed by atoms with van der Waals surface area (Å²) in [6, 6.07) is 13.2. The highest BCUT2D eigenvalue weighted by molar-refractivity contribution is 7.12. The van der Waals surface area contributed by atoms with Gasteiger partial charge in [-0.05, 0) is 41.8 Å². The molecule has 0 aliphatic heterocycles. The molecule has 2 aromatic carbocycles. The molecule has 0 aliphatic rings. The molecule has 2 aromatic heterocycles. The van der Waals surface area contributed by atoms with E-state index >= 15 is 0 Å². The Labute approximate surface area is 156 Å². The molecular formula is C18H12ClFN4OS. The van der Waals surface area contributed by atoms with Gasteiger partial charge >= 0.3 is 0 Å². The molecule has 0 atom stereocenters. The summed E-state index contributed by atoms with van der Waals surface area (Å²) in [4.78, 5) is 0.823. The highest BCUT2D eigenvalue weighted by Gasteiger charge is 2.11. The molecular weight excluding hydrogens is 375 g/mol. The molecule has 2 heterocycles. The quantitative estimate of drug-likeness (QED) is 0.303. The highest BCUT2D eigenvalue weighted by Crippen LogP contribution is 2.29. The molecule has 0 spiro atoms. The van der Waals surface area contributed by atoms with E-state index < -0.39 is 0 Å². The maximum absolute atomic E-state index is 13.3. The summed E-state index contributed by atoms with van der Waals surface area (Å²) in [5.41, 5.74) is 1.68. The summed E-state index contributed by atoms with van der Waals surface area (Å²) in [6.07, 6.45) is 0. The van der Waals surface area contributed by atoms with Gasteiger partial charge in [0.05, 0.1) is 10.3 Å². The number of fused-ring (bicyclic) bond motifs is 1. The van der Waals surface area contributed by atoms with E-state index in [0.29, 0.717) is 33.2 Å². The minimum Gasteiger partial charge on any atom is -0.354 e. The number of thiophene rings is 1. The summed E-state index contributed by atoms with van der Waals surface area (Å²) >= 11 is 7.67. The third-order valence-corrected chi connectivity index (χ3v) is 4.74. The van der Waals surface area contributed by atoms with Crippen LogP contribution in [-0.2, 0) is 0 Å². The molecule has 4 rings (SSSR count). The summed E-state index contributed by atoms with van der Waals surface area (Å²) in [5.74, 6) is 0.360. The van der Waals surface area contributed by atoms with Crippen molar-refractivity contribution in [1.29, 1.82) is 5.41 Å². The lowest BCUT2D eigenvalue weighted by Crippen LogP contribution is -2.10. The first-order valence-corrected chi connectivity index (χ1v) is 8.86. The molecule has 0 saturated heterocycles. The third kappa shape index (κ3) is 3.40. The van der Waals surface area contributed by atoms with E-state index in [1.54, 1.807) is 24.3 Å². The lowest BCUT2D eigenvalue weighted by molar-refractivity contribution is 0.458. The van der Waals surface area contributed by atoms with Gasteiger partial charge in [0.25, 0.3) is 0 Å². The summed E-state index contributed by atoms with van der Waals surface area (Å²) < 4.78 is 18.4. The van der Waals surface area contributed by atoms with E-state index in [4.69, 9.17) is 21.5 Å². The lowest BCUT2D eigenvalue weighted by Gasteiger charge is -2.10. The fourth-order valence-corrected chi connectivity index (χ4v) is 3.36. The van der Waals surface area contributed by atoms with Gasteiger partial charge in [-0.2, -0.15) is 0 Å². The Hall–Kier alpha value is -2.90. The number of anilines is 3. The van der Waals surface area contributed by atoms with Crippen molar-refractivity contribution < 1.29 is 8.91 Å². The van der Waals surface area contributed by atoms with E-state index in [0.717, 1.165) is 4.88 Å². The minimum absolute atomic E-state index is 0.288. The van der Waals surface area contributed by atoms with Gasteiger partial charge in [-0.25, -0.2) is 4.39 Å². The van der Waals surface area contributed by atoms with Crippen LogP contribution >= 0.6 is 22.9 Å². The molecule has 3 N–H and O–H groups in total. The molecule has 0 amide bonds. The first-order chi connectivity index (χ1) is 12.6. The normalized spacial score (nSPS) is 10.8. The van der Waals surface area contributed by atoms with Crippen molar-refractivity contribution in [2.45, 2.75) is 0 Å². The molecule has 0 radical (unpaired) electrons. The number of aromatic nitrogens is 1. The molecule has 5 nitrogen and oxygen atoms in total. The Morgan fingerprint density at radius 1 is 1.15 bits per heavy atom.